The van der Waals surface area contributed by atoms with Gasteiger partial charge in [-0.05, 0) is 43.0 Å². The van der Waals surface area contributed by atoms with E-state index in [-0.39, 0.29) is 12.4 Å². The molecule has 0 amide bonds. The van der Waals surface area contributed by atoms with E-state index in [2.05, 4.69) is 4.98 Å². The third kappa shape index (κ3) is 1.62. The van der Waals surface area contributed by atoms with Crippen molar-refractivity contribution in [1.82, 2.24) is 4.98 Å². The van der Waals surface area contributed by atoms with Gasteiger partial charge >= 0.3 is 0 Å². The van der Waals surface area contributed by atoms with Gasteiger partial charge in [-0.2, -0.15) is 0 Å². The molecule has 0 unspecified atom stereocenters. The predicted molar refractivity (Wildman–Crippen MR) is 70.4 cm³/mol. The lowest BCUT2D eigenvalue weighted by molar-refractivity contribution is 0.901. The predicted octanol–water partition coefficient (Wildman–Crippen LogP) is 3.38. The van der Waals surface area contributed by atoms with Gasteiger partial charge in [0.1, 0.15) is 0 Å². The zero-order chi connectivity index (χ0) is 10.4. The number of hydrogen-bond acceptors (Lipinski definition) is 2. The molecule has 0 fully saturated rings. The lowest BCUT2D eigenvalue weighted by Crippen LogP contribution is -1.98. The first-order chi connectivity index (χ1) is 7.25. The van der Waals surface area contributed by atoms with Crippen LogP contribution in [0.2, 0.25) is 5.02 Å². The van der Waals surface area contributed by atoms with E-state index in [4.69, 9.17) is 17.3 Å². The second-order valence-corrected chi connectivity index (χ2v) is 4.40. The Labute approximate surface area is 105 Å². The lowest BCUT2D eigenvalue weighted by Gasteiger charge is -2.08. The molecule has 1 aliphatic rings. The summed E-state index contributed by atoms with van der Waals surface area (Å²) < 4.78 is 0. The molecule has 2 N–H and O–H groups in total. The summed E-state index contributed by atoms with van der Waals surface area (Å²) >= 11 is 5.96. The fraction of sp³-hybridized carbons (Fsp3) is 0.250. The van der Waals surface area contributed by atoms with Crippen LogP contribution in [0.4, 0.5) is 5.69 Å². The van der Waals surface area contributed by atoms with E-state index in [0.717, 1.165) is 35.9 Å². The average molecular weight is 255 g/mol. The number of fused-ring (bicyclic) bond motifs is 2. The third-order valence-electron chi connectivity index (χ3n) is 3.02. The maximum atomic E-state index is 6.14. The number of nitrogens with zero attached hydrogens (tertiary/aromatic N) is 1. The highest BCUT2D eigenvalue weighted by Gasteiger charge is 2.17. The quantitative estimate of drug-likeness (QED) is 0.783. The van der Waals surface area contributed by atoms with Crippen LogP contribution in [0.3, 0.4) is 0 Å². The number of rotatable bonds is 0. The van der Waals surface area contributed by atoms with Crippen molar-refractivity contribution in [1.29, 1.82) is 0 Å². The van der Waals surface area contributed by atoms with Gasteiger partial charge in [0.15, 0.2) is 0 Å². The smallest absolute Gasteiger partial charge is 0.0727 e. The van der Waals surface area contributed by atoms with E-state index in [1.165, 1.54) is 11.3 Å². The van der Waals surface area contributed by atoms with E-state index in [0.29, 0.717) is 5.02 Å². The van der Waals surface area contributed by atoms with E-state index in [1.807, 2.05) is 18.2 Å². The second kappa shape index (κ2) is 4.11. The first-order valence-corrected chi connectivity index (χ1v) is 5.50. The Morgan fingerprint density at radius 1 is 1.25 bits per heavy atom. The molecule has 4 heteroatoms. The molecule has 1 aromatic carbocycles. The van der Waals surface area contributed by atoms with Crippen LogP contribution in [-0.4, -0.2) is 4.98 Å². The number of halogens is 2. The fourth-order valence-corrected chi connectivity index (χ4v) is 2.44. The number of benzene rings is 1. The molecule has 2 nitrogen and oxygen atoms in total. The van der Waals surface area contributed by atoms with Crippen molar-refractivity contribution in [3.63, 3.8) is 0 Å². The van der Waals surface area contributed by atoms with Gasteiger partial charge in [0.2, 0.25) is 0 Å². The molecule has 84 valence electrons. The second-order valence-electron chi connectivity index (χ2n) is 3.97. The molecule has 0 saturated carbocycles. The molecule has 0 aliphatic heterocycles. The Morgan fingerprint density at radius 3 is 2.88 bits per heavy atom. The fourth-order valence-electron chi connectivity index (χ4n) is 2.27. The van der Waals surface area contributed by atoms with E-state index in [9.17, 15) is 0 Å². The van der Waals surface area contributed by atoms with Gasteiger partial charge in [0, 0.05) is 21.8 Å². The van der Waals surface area contributed by atoms with Crippen LogP contribution in [0.1, 0.15) is 17.7 Å². The number of aromatic nitrogens is 1. The van der Waals surface area contributed by atoms with E-state index < -0.39 is 0 Å². The van der Waals surface area contributed by atoms with Gasteiger partial charge in [0.25, 0.3) is 0 Å². The summed E-state index contributed by atoms with van der Waals surface area (Å²) in [6.07, 6.45) is 3.27. The Hall–Kier alpha value is -0.990. The SMILES string of the molecule is Cl.Nc1c2c(nc3ccc(Cl)cc13)CCC2. The van der Waals surface area contributed by atoms with Crippen molar-refractivity contribution in [2.24, 2.45) is 0 Å². The van der Waals surface area contributed by atoms with Crippen LogP contribution in [-0.2, 0) is 12.8 Å². The van der Waals surface area contributed by atoms with Gasteiger partial charge in [-0.3, -0.25) is 4.98 Å². The number of hydrogen-bond donors (Lipinski definition) is 1. The van der Waals surface area contributed by atoms with Gasteiger partial charge in [-0.25, -0.2) is 0 Å². The largest absolute Gasteiger partial charge is 0.398 e. The molecule has 1 aromatic heterocycles. The summed E-state index contributed by atoms with van der Waals surface area (Å²) in [7, 11) is 0. The first-order valence-electron chi connectivity index (χ1n) is 5.12. The highest BCUT2D eigenvalue weighted by atomic mass is 35.5. The van der Waals surface area contributed by atoms with Crippen molar-refractivity contribution >= 4 is 40.6 Å². The maximum absolute atomic E-state index is 6.14. The van der Waals surface area contributed by atoms with Gasteiger partial charge < -0.3 is 5.73 Å². The number of nitrogen functional groups attached to an aromatic ring is 1. The minimum atomic E-state index is 0. The number of anilines is 1. The van der Waals surface area contributed by atoms with Crippen molar-refractivity contribution in [2.45, 2.75) is 19.3 Å². The Kier molecular flexibility index (Phi) is 2.96. The van der Waals surface area contributed by atoms with Gasteiger partial charge in [-0.1, -0.05) is 11.6 Å². The summed E-state index contributed by atoms with van der Waals surface area (Å²) in [5, 5.41) is 1.71. The summed E-state index contributed by atoms with van der Waals surface area (Å²) in [6.45, 7) is 0. The van der Waals surface area contributed by atoms with Crippen molar-refractivity contribution in [3.8, 4) is 0 Å². The standard InChI is InChI=1S/C12H11ClN2.ClH/c13-7-4-5-11-9(6-7)12(14)8-2-1-3-10(8)15-11;/h4-6H,1-3H2,(H2,14,15);1H. The lowest BCUT2D eigenvalue weighted by atomic mass is 10.1. The van der Waals surface area contributed by atoms with Crippen LogP contribution >= 0.6 is 24.0 Å². The van der Waals surface area contributed by atoms with Crippen LogP contribution in [0, 0.1) is 0 Å². The summed E-state index contributed by atoms with van der Waals surface area (Å²) in [5.74, 6) is 0. The first kappa shape index (κ1) is 11.5. The molecule has 2 aromatic rings. The molecule has 0 atom stereocenters. The molecule has 0 spiro atoms. The molecule has 0 radical (unpaired) electrons. The van der Waals surface area contributed by atoms with Gasteiger partial charge in [-0.15, -0.1) is 12.4 Å². The van der Waals surface area contributed by atoms with Gasteiger partial charge in [0.05, 0.1) is 5.52 Å². The molecule has 0 bridgehead atoms. The normalized spacial score (nSPS) is 13.6. The van der Waals surface area contributed by atoms with E-state index >= 15 is 0 Å². The number of pyridine rings is 1. The maximum Gasteiger partial charge on any atom is 0.0727 e. The Balaban J connectivity index is 0.000000963. The zero-order valence-corrected chi connectivity index (χ0v) is 10.2. The van der Waals surface area contributed by atoms with Crippen LogP contribution in [0.25, 0.3) is 10.9 Å². The summed E-state index contributed by atoms with van der Waals surface area (Å²) in [5.41, 5.74) is 10.4. The Bertz CT molecular complexity index is 552. The third-order valence-corrected chi connectivity index (χ3v) is 3.25. The van der Waals surface area contributed by atoms with Crippen molar-refractivity contribution in [3.05, 3.63) is 34.5 Å². The van der Waals surface area contributed by atoms with Crippen LogP contribution < -0.4 is 5.73 Å². The van der Waals surface area contributed by atoms with Crippen LogP contribution in [0.5, 0.6) is 0 Å². The monoisotopic (exact) mass is 254 g/mol. The molecular formula is C12H12Cl2N2. The molecular weight excluding hydrogens is 243 g/mol. The van der Waals surface area contributed by atoms with Crippen LogP contribution in [0.15, 0.2) is 18.2 Å². The minimum absolute atomic E-state index is 0. The van der Waals surface area contributed by atoms with E-state index in [1.54, 1.807) is 0 Å². The zero-order valence-electron chi connectivity index (χ0n) is 8.66. The summed E-state index contributed by atoms with van der Waals surface area (Å²) in [6, 6.07) is 5.70. The topological polar surface area (TPSA) is 38.9 Å². The van der Waals surface area contributed by atoms with Crippen molar-refractivity contribution < 1.29 is 0 Å². The molecule has 1 heterocycles. The van der Waals surface area contributed by atoms with Crippen molar-refractivity contribution in [2.75, 3.05) is 5.73 Å². The molecule has 3 rings (SSSR count). The molecule has 16 heavy (non-hydrogen) atoms. The molecule has 1 aliphatic carbocycles. The average Bonchev–Trinajstić information content (AvgIpc) is 2.68. The molecule has 0 saturated heterocycles. The Morgan fingerprint density at radius 2 is 2.06 bits per heavy atom. The summed E-state index contributed by atoms with van der Waals surface area (Å²) in [4.78, 5) is 4.62. The minimum Gasteiger partial charge on any atom is -0.398 e. The highest BCUT2D eigenvalue weighted by molar-refractivity contribution is 6.31. The number of aryl methyl sites for hydroxylation is 1. The number of nitrogens with two attached hydrogens (primary N) is 1. The highest BCUT2D eigenvalue weighted by Crippen LogP contribution is 2.32.